The zero-order valence-corrected chi connectivity index (χ0v) is 25.1. The molecule has 0 atom stereocenters. The number of ketones is 1. The smallest absolute Gasteiger partial charge is 0.254 e. The summed E-state index contributed by atoms with van der Waals surface area (Å²) >= 11 is 0. The van der Waals surface area contributed by atoms with Crippen LogP contribution in [0, 0.1) is 16.7 Å². The largest absolute Gasteiger partial charge is 0.493 e. The Balaban J connectivity index is 0.00000533. The van der Waals surface area contributed by atoms with E-state index in [2.05, 4.69) is 11.4 Å². The van der Waals surface area contributed by atoms with E-state index in [1.54, 1.807) is 37.3 Å². The molecule has 0 fully saturated rings. The lowest BCUT2D eigenvalue weighted by molar-refractivity contribution is 0.0952. The zero-order chi connectivity index (χ0) is 28.0. The number of carbonyl (C=O) groups is 2. The first-order valence-electron chi connectivity index (χ1n) is 12.7. The molecule has 0 aromatic heterocycles. The lowest BCUT2D eigenvalue weighted by Gasteiger charge is -2.25. The summed E-state index contributed by atoms with van der Waals surface area (Å²) in [7, 11) is 3.12. The van der Waals surface area contributed by atoms with Gasteiger partial charge in [0.05, 0.1) is 38.5 Å². The number of hydrogen-bond acceptors (Lipinski definition) is 7. The summed E-state index contributed by atoms with van der Waals surface area (Å²) in [6, 6.07) is 9.04. The van der Waals surface area contributed by atoms with Gasteiger partial charge in [0.1, 0.15) is 11.6 Å². The Labute approximate surface area is 240 Å². The van der Waals surface area contributed by atoms with Crippen molar-refractivity contribution in [3.8, 4) is 23.3 Å². The Morgan fingerprint density at radius 1 is 1.15 bits per heavy atom. The van der Waals surface area contributed by atoms with Gasteiger partial charge in [-0.1, -0.05) is 20.8 Å². The molecule has 3 rings (SSSR count). The second-order valence-electron chi connectivity index (χ2n) is 10.1. The molecule has 2 aromatic carbocycles. The van der Waals surface area contributed by atoms with Gasteiger partial charge in [0.15, 0.2) is 17.3 Å². The number of ether oxygens (including phenoxy) is 3. The molecule has 210 valence electrons. The zero-order valence-electron chi connectivity index (χ0n) is 23.4. The van der Waals surface area contributed by atoms with E-state index >= 15 is 0 Å². The number of nitriles is 1. The van der Waals surface area contributed by atoms with Crippen molar-refractivity contribution < 1.29 is 23.8 Å². The van der Waals surface area contributed by atoms with Crippen LogP contribution in [0.1, 0.15) is 77.9 Å². The molecule has 0 bridgehead atoms. The maximum Gasteiger partial charge on any atom is 0.254 e. The molecule has 2 aromatic rings. The Hall–Kier alpha value is -3.58. The van der Waals surface area contributed by atoms with Crippen molar-refractivity contribution in [2.75, 3.05) is 33.9 Å². The van der Waals surface area contributed by atoms with Crippen molar-refractivity contribution in [3.63, 3.8) is 0 Å². The van der Waals surface area contributed by atoms with E-state index < -0.39 is 0 Å². The fraction of sp³-hybridized carbons (Fsp3) is 0.448. The van der Waals surface area contributed by atoms with Gasteiger partial charge < -0.3 is 24.4 Å². The quantitative estimate of drug-likeness (QED) is 0.273. The number of hydrogen-bond donors (Lipinski definition) is 2. The third-order valence-electron chi connectivity index (χ3n) is 6.32. The fourth-order valence-corrected chi connectivity index (χ4v) is 4.39. The number of methoxy groups -OCH3 is 1. The van der Waals surface area contributed by atoms with E-state index in [0.717, 1.165) is 11.1 Å². The number of nitrogens with zero attached hydrogens (tertiary/aromatic N) is 2. The summed E-state index contributed by atoms with van der Waals surface area (Å²) in [6.07, 6.45) is 0.936. The number of Topliss-reactive ketones (excluding diaryl/α,β-unsaturated/α-hetero) is 1. The third-order valence-corrected chi connectivity index (χ3v) is 6.32. The van der Waals surface area contributed by atoms with E-state index in [4.69, 9.17) is 24.9 Å². The minimum atomic E-state index is -0.324. The first-order chi connectivity index (χ1) is 18.0. The lowest BCUT2D eigenvalue weighted by Crippen LogP contribution is -2.30. The molecule has 0 spiro atoms. The maximum absolute atomic E-state index is 13.5. The van der Waals surface area contributed by atoms with E-state index in [1.165, 1.54) is 0 Å². The van der Waals surface area contributed by atoms with Crippen LogP contribution in [-0.2, 0) is 12.0 Å². The van der Waals surface area contributed by atoms with E-state index in [1.807, 2.05) is 33.8 Å². The highest BCUT2D eigenvalue weighted by Crippen LogP contribution is 2.40. The monoisotopic (exact) mass is 600 g/mol. The van der Waals surface area contributed by atoms with Crippen LogP contribution < -0.4 is 19.5 Å². The van der Waals surface area contributed by atoms with Crippen LogP contribution in [-0.4, -0.2) is 56.3 Å². The highest BCUT2D eigenvalue weighted by Gasteiger charge is 2.30. The molecule has 1 heterocycles. The normalized spacial score (nSPS) is 12.2. The van der Waals surface area contributed by atoms with Crippen LogP contribution in [0.5, 0.6) is 17.2 Å². The molecule has 39 heavy (non-hydrogen) atoms. The SMILES string of the molecule is Br.CCOc1cc2c(cc1C(=O)NC)C(=N)N(CC(=O)c1cc(OCCCC#N)c(OC)c(C(C)(C)C)c1)C2. The third kappa shape index (κ3) is 7.09. The molecule has 10 heteroatoms. The van der Waals surface area contributed by atoms with Gasteiger partial charge in [-0.15, -0.1) is 17.0 Å². The van der Waals surface area contributed by atoms with Crippen molar-refractivity contribution in [1.29, 1.82) is 10.7 Å². The van der Waals surface area contributed by atoms with Gasteiger partial charge >= 0.3 is 0 Å². The highest BCUT2D eigenvalue weighted by atomic mass is 79.9. The second kappa shape index (κ2) is 13.5. The van der Waals surface area contributed by atoms with Crippen molar-refractivity contribution in [2.45, 2.75) is 52.5 Å². The van der Waals surface area contributed by atoms with Crippen LogP contribution in [0.15, 0.2) is 24.3 Å². The van der Waals surface area contributed by atoms with Gasteiger partial charge in [-0.05, 0) is 48.6 Å². The standard InChI is InChI=1S/C29H36N4O5.BrH/c1-7-37-24-14-19-16-33(27(31)20(19)15-21(24)28(35)32-5)17-23(34)18-12-22(29(2,3)4)26(36-6)25(13-18)38-11-9-8-10-30;/h12-15,31H,7-9,11,16-17H2,1-6H3,(H,32,35);1H. The molecule has 9 nitrogen and oxygen atoms in total. The summed E-state index contributed by atoms with van der Waals surface area (Å²) in [4.78, 5) is 27.6. The molecule has 0 aliphatic carbocycles. The van der Waals surface area contributed by atoms with E-state index in [-0.39, 0.29) is 46.5 Å². The molecule has 2 N–H and O–H groups in total. The van der Waals surface area contributed by atoms with Gasteiger partial charge in [0, 0.05) is 36.7 Å². The minimum absolute atomic E-state index is 0. The van der Waals surface area contributed by atoms with Crippen LogP contribution in [0.2, 0.25) is 0 Å². The number of carbonyl (C=O) groups excluding carboxylic acids is 2. The first-order valence-corrected chi connectivity index (χ1v) is 12.7. The summed E-state index contributed by atoms with van der Waals surface area (Å²) in [6.45, 7) is 9.01. The molecule has 0 unspecified atom stereocenters. The summed E-state index contributed by atoms with van der Waals surface area (Å²) < 4.78 is 17.3. The summed E-state index contributed by atoms with van der Waals surface area (Å²) in [5.74, 6) is 1.19. The average Bonchev–Trinajstić information content (AvgIpc) is 3.18. The molecule has 1 amide bonds. The van der Waals surface area contributed by atoms with E-state index in [0.29, 0.717) is 66.5 Å². The number of amides is 1. The van der Waals surface area contributed by atoms with Crippen molar-refractivity contribution >= 4 is 34.5 Å². The second-order valence-corrected chi connectivity index (χ2v) is 10.1. The molecule has 0 saturated carbocycles. The molecule has 0 saturated heterocycles. The maximum atomic E-state index is 13.5. The first kappa shape index (κ1) is 31.6. The average molecular weight is 602 g/mol. The topological polar surface area (TPSA) is 125 Å². The molecule has 0 radical (unpaired) electrons. The molecule has 1 aliphatic heterocycles. The minimum Gasteiger partial charge on any atom is -0.493 e. The fourth-order valence-electron chi connectivity index (χ4n) is 4.39. The predicted octanol–water partition coefficient (Wildman–Crippen LogP) is 5.04. The number of benzene rings is 2. The van der Waals surface area contributed by atoms with Gasteiger partial charge in [0.2, 0.25) is 0 Å². The van der Waals surface area contributed by atoms with Gasteiger partial charge in [-0.25, -0.2) is 0 Å². The lowest BCUT2D eigenvalue weighted by atomic mass is 9.84. The molecule has 1 aliphatic rings. The van der Waals surface area contributed by atoms with Gasteiger partial charge in [-0.2, -0.15) is 5.26 Å². The Morgan fingerprint density at radius 2 is 1.87 bits per heavy atom. The Bertz CT molecular complexity index is 1280. The van der Waals surface area contributed by atoms with Crippen molar-refractivity contribution in [1.82, 2.24) is 10.2 Å². The number of fused-ring (bicyclic) bond motifs is 1. The molecular weight excluding hydrogens is 564 g/mol. The number of rotatable bonds is 11. The number of nitrogens with one attached hydrogen (secondary N) is 2. The Kier molecular flexibility index (Phi) is 10.9. The van der Waals surface area contributed by atoms with Crippen LogP contribution in [0.25, 0.3) is 0 Å². The summed E-state index contributed by atoms with van der Waals surface area (Å²) in [5.41, 5.74) is 2.74. The number of halogens is 1. The number of amidine groups is 1. The van der Waals surface area contributed by atoms with Crippen molar-refractivity contribution in [2.24, 2.45) is 0 Å². The number of unbranched alkanes of at least 4 members (excludes halogenated alkanes) is 1. The highest BCUT2D eigenvalue weighted by molar-refractivity contribution is 8.93. The van der Waals surface area contributed by atoms with E-state index in [9.17, 15) is 9.59 Å². The van der Waals surface area contributed by atoms with Crippen LogP contribution >= 0.6 is 17.0 Å². The van der Waals surface area contributed by atoms with Crippen LogP contribution in [0.3, 0.4) is 0 Å². The molecular formula is C29H37BrN4O5. The predicted molar refractivity (Wildman–Crippen MR) is 155 cm³/mol. The van der Waals surface area contributed by atoms with Crippen LogP contribution in [0.4, 0.5) is 0 Å². The Morgan fingerprint density at radius 3 is 2.46 bits per heavy atom. The van der Waals surface area contributed by atoms with Crippen molar-refractivity contribution in [3.05, 3.63) is 52.1 Å². The van der Waals surface area contributed by atoms with Gasteiger partial charge in [0.25, 0.3) is 5.91 Å². The van der Waals surface area contributed by atoms with Gasteiger partial charge in [-0.3, -0.25) is 15.0 Å². The summed E-state index contributed by atoms with van der Waals surface area (Å²) in [5, 5.41) is 20.2.